The quantitative estimate of drug-likeness (QED) is 0.830. The third-order valence-electron chi connectivity index (χ3n) is 5.01. The molecular weight excluding hydrogens is 224 g/mol. The molecule has 0 radical (unpaired) electrons. The van der Waals surface area contributed by atoms with Crippen molar-refractivity contribution in [2.45, 2.75) is 39.2 Å². The zero-order chi connectivity index (χ0) is 13.1. The molecule has 3 nitrogen and oxygen atoms in total. The molecule has 1 N–H and O–H groups in total. The van der Waals surface area contributed by atoms with Crippen molar-refractivity contribution in [2.24, 2.45) is 17.8 Å². The van der Waals surface area contributed by atoms with E-state index in [0.29, 0.717) is 5.92 Å². The molecule has 2 aliphatic rings. The van der Waals surface area contributed by atoms with Crippen LogP contribution in [0.25, 0.3) is 0 Å². The van der Waals surface area contributed by atoms with Crippen molar-refractivity contribution in [3.05, 3.63) is 0 Å². The molecule has 3 heteroatoms. The summed E-state index contributed by atoms with van der Waals surface area (Å²) in [5.41, 5.74) is 0. The molecule has 2 rings (SSSR count). The van der Waals surface area contributed by atoms with Crippen LogP contribution in [0, 0.1) is 17.8 Å². The highest BCUT2D eigenvalue weighted by atomic mass is 16.3. The second-order valence-electron chi connectivity index (χ2n) is 6.75. The fourth-order valence-electron chi connectivity index (χ4n) is 3.45. The molecule has 1 aliphatic carbocycles. The van der Waals surface area contributed by atoms with E-state index in [9.17, 15) is 5.11 Å². The molecule has 0 spiro atoms. The zero-order valence-electron chi connectivity index (χ0n) is 12.3. The summed E-state index contributed by atoms with van der Waals surface area (Å²) in [5, 5.41) is 10.2. The Hall–Kier alpha value is -0.120. The minimum atomic E-state index is -0.0559. The van der Waals surface area contributed by atoms with Crippen LogP contribution >= 0.6 is 0 Å². The number of aliphatic hydroxyl groups excluding tert-OH is 1. The Morgan fingerprint density at radius 3 is 2.39 bits per heavy atom. The van der Waals surface area contributed by atoms with Crippen molar-refractivity contribution in [2.75, 3.05) is 39.8 Å². The Morgan fingerprint density at radius 1 is 1.11 bits per heavy atom. The topological polar surface area (TPSA) is 26.7 Å². The van der Waals surface area contributed by atoms with Crippen molar-refractivity contribution in [3.8, 4) is 0 Å². The molecule has 3 unspecified atom stereocenters. The van der Waals surface area contributed by atoms with E-state index in [2.05, 4.69) is 30.7 Å². The third-order valence-corrected chi connectivity index (χ3v) is 5.01. The minimum absolute atomic E-state index is 0.0559. The van der Waals surface area contributed by atoms with E-state index < -0.39 is 0 Å². The highest BCUT2D eigenvalue weighted by Gasteiger charge is 2.32. The number of rotatable bonds is 3. The van der Waals surface area contributed by atoms with E-state index in [-0.39, 0.29) is 6.10 Å². The molecule has 3 atom stereocenters. The molecule has 0 aromatic heterocycles. The summed E-state index contributed by atoms with van der Waals surface area (Å²) in [5.74, 6) is 2.10. The van der Waals surface area contributed by atoms with Crippen molar-refractivity contribution >= 4 is 0 Å². The Balaban J connectivity index is 1.83. The summed E-state index contributed by atoms with van der Waals surface area (Å²) < 4.78 is 0. The van der Waals surface area contributed by atoms with Gasteiger partial charge in [-0.05, 0) is 44.1 Å². The van der Waals surface area contributed by atoms with Crippen LogP contribution < -0.4 is 0 Å². The van der Waals surface area contributed by atoms with E-state index in [4.69, 9.17) is 0 Å². The van der Waals surface area contributed by atoms with Gasteiger partial charge in [-0.3, -0.25) is 0 Å². The third kappa shape index (κ3) is 3.69. The SMILES string of the molecule is CC(C)C1CCC(O)C(CN2CCN(C)CC2)C1. The number of aliphatic hydroxyl groups is 1. The summed E-state index contributed by atoms with van der Waals surface area (Å²) in [6.45, 7) is 10.5. The molecule has 0 bridgehead atoms. The van der Waals surface area contributed by atoms with Gasteiger partial charge in [-0.15, -0.1) is 0 Å². The second kappa shape index (κ2) is 6.36. The molecule has 1 saturated heterocycles. The Morgan fingerprint density at radius 2 is 1.78 bits per heavy atom. The maximum absolute atomic E-state index is 10.2. The molecule has 1 saturated carbocycles. The predicted octanol–water partition coefficient (Wildman–Crippen LogP) is 1.67. The monoisotopic (exact) mass is 254 g/mol. The van der Waals surface area contributed by atoms with Gasteiger partial charge in [0.05, 0.1) is 6.10 Å². The number of piperazine rings is 1. The number of hydrogen-bond acceptors (Lipinski definition) is 3. The Kier molecular flexibility index (Phi) is 5.05. The first kappa shape index (κ1) is 14.3. The van der Waals surface area contributed by atoms with Crippen LogP contribution in [0.4, 0.5) is 0 Å². The molecule has 18 heavy (non-hydrogen) atoms. The van der Waals surface area contributed by atoms with Gasteiger partial charge in [-0.1, -0.05) is 13.8 Å². The summed E-state index contributed by atoms with van der Waals surface area (Å²) in [6, 6.07) is 0. The van der Waals surface area contributed by atoms with Crippen molar-refractivity contribution in [1.29, 1.82) is 0 Å². The van der Waals surface area contributed by atoms with Crippen LogP contribution in [0.1, 0.15) is 33.1 Å². The Labute approximate surface area is 112 Å². The van der Waals surface area contributed by atoms with Crippen LogP contribution in [0.3, 0.4) is 0 Å². The average Bonchev–Trinajstić information content (AvgIpc) is 2.34. The normalized spacial score (nSPS) is 36.2. The first-order valence-corrected chi connectivity index (χ1v) is 7.65. The maximum Gasteiger partial charge on any atom is 0.0580 e. The summed E-state index contributed by atoms with van der Waals surface area (Å²) in [7, 11) is 2.20. The van der Waals surface area contributed by atoms with E-state index in [0.717, 1.165) is 24.8 Å². The van der Waals surface area contributed by atoms with E-state index in [1.807, 2.05) is 0 Å². The smallest absolute Gasteiger partial charge is 0.0580 e. The Bertz CT molecular complexity index is 249. The lowest BCUT2D eigenvalue weighted by Gasteiger charge is -2.40. The fourth-order valence-corrected chi connectivity index (χ4v) is 3.45. The molecule has 0 aromatic rings. The number of nitrogens with zero attached hydrogens (tertiary/aromatic N) is 2. The molecule has 1 heterocycles. The van der Waals surface area contributed by atoms with E-state index in [1.165, 1.54) is 39.0 Å². The van der Waals surface area contributed by atoms with Gasteiger partial charge in [0.2, 0.25) is 0 Å². The predicted molar refractivity (Wildman–Crippen MR) is 75.6 cm³/mol. The van der Waals surface area contributed by atoms with Gasteiger partial charge in [0.15, 0.2) is 0 Å². The van der Waals surface area contributed by atoms with E-state index >= 15 is 0 Å². The van der Waals surface area contributed by atoms with Crippen LogP contribution in [-0.2, 0) is 0 Å². The summed E-state index contributed by atoms with van der Waals surface area (Å²) >= 11 is 0. The van der Waals surface area contributed by atoms with Crippen molar-refractivity contribution < 1.29 is 5.11 Å². The van der Waals surface area contributed by atoms with Crippen LogP contribution in [0.15, 0.2) is 0 Å². The van der Waals surface area contributed by atoms with Crippen LogP contribution in [0.2, 0.25) is 0 Å². The van der Waals surface area contributed by atoms with Gasteiger partial charge < -0.3 is 14.9 Å². The van der Waals surface area contributed by atoms with Crippen LogP contribution in [-0.4, -0.2) is 60.8 Å². The van der Waals surface area contributed by atoms with Crippen LogP contribution in [0.5, 0.6) is 0 Å². The minimum Gasteiger partial charge on any atom is -0.393 e. The molecule has 0 aromatic carbocycles. The maximum atomic E-state index is 10.2. The molecule has 1 aliphatic heterocycles. The molecular formula is C15H30N2O. The fraction of sp³-hybridized carbons (Fsp3) is 1.00. The first-order valence-electron chi connectivity index (χ1n) is 7.65. The van der Waals surface area contributed by atoms with Gasteiger partial charge in [0.25, 0.3) is 0 Å². The standard InChI is InChI=1S/C15H30N2O/c1-12(2)13-4-5-15(18)14(10-13)11-17-8-6-16(3)7-9-17/h12-15,18H,4-11H2,1-3H3. The number of hydrogen-bond donors (Lipinski definition) is 1. The van der Waals surface area contributed by atoms with Crippen molar-refractivity contribution in [3.63, 3.8) is 0 Å². The van der Waals surface area contributed by atoms with Gasteiger partial charge in [-0.25, -0.2) is 0 Å². The summed E-state index contributed by atoms with van der Waals surface area (Å²) in [4.78, 5) is 4.95. The first-order chi connectivity index (χ1) is 8.56. The molecule has 106 valence electrons. The second-order valence-corrected chi connectivity index (χ2v) is 6.75. The zero-order valence-corrected chi connectivity index (χ0v) is 12.3. The lowest BCUT2D eigenvalue weighted by molar-refractivity contribution is 0.0111. The highest BCUT2D eigenvalue weighted by Crippen LogP contribution is 2.34. The van der Waals surface area contributed by atoms with Crippen molar-refractivity contribution in [1.82, 2.24) is 9.80 Å². The van der Waals surface area contributed by atoms with E-state index in [1.54, 1.807) is 0 Å². The summed E-state index contributed by atoms with van der Waals surface area (Å²) in [6.07, 6.45) is 3.41. The van der Waals surface area contributed by atoms with Gasteiger partial charge in [0.1, 0.15) is 0 Å². The highest BCUT2D eigenvalue weighted by molar-refractivity contribution is 4.84. The molecule has 2 fully saturated rings. The van der Waals surface area contributed by atoms with Gasteiger partial charge in [0, 0.05) is 32.7 Å². The van der Waals surface area contributed by atoms with Gasteiger partial charge in [-0.2, -0.15) is 0 Å². The van der Waals surface area contributed by atoms with Gasteiger partial charge >= 0.3 is 0 Å². The average molecular weight is 254 g/mol. The largest absolute Gasteiger partial charge is 0.393 e. The lowest BCUT2D eigenvalue weighted by atomic mass is 9.74. The number of likely N-dealkylation sites (N-methyl/N-ethyl adjacent to an activating group) is 1. The molecule has 0 amide bonds. The lowest BCUT2D eigenvalue weighted by Crippen LogP contribution is -2.48.